The van der Waals surface area contributed by atoms with Gasteiger partial charge in [0.1, 0.15) is 5.54 Å². The molecule has 3 heteroatoms. The molecule has 0 radical (unpaired) electrons. The van der Waals surface area contributed by atoms with Crippen molar-refractivity contribution in [3.05, 3.63) is 64.6 Å². The van der Waals surface area contributed by atoms with Crippen molar-refractivity contribution in [2.75, 3.05) is 5.32 Å². The number of anilines is 1. The van der Waals surface area contributed by atoms with Gasteiger partial charge in [0.15, 0.2) is 6.20 Å². The summed E-state index contributed by atoms with van der Waals surface area (Å²) in [5, 5.41) is 15.8. The normalized spacial score (nSPS) is 12.0. The highest BCUT2D eigenvalue weighted by atomic mass is 16.5. The molecule has 1 aromatic carbocycles. The molecule has 0 aliphatic rings. The number of para-hydroxylation sites is 1. The van der Waals surface area contributed by atoms with Crippen molar-refractivity contribution in [1.82, 2.24) is 0 Å². The lowest BCUT2D eigenvalue weighted by Crippen LogP contribution is -2.43. The Morgan fingerprint density at radius 1 is 0.913 bits per heavy atom. The molecule has 2 aromatic rings. The molecule has 0 bridgehead atoms. The van der Waals surface area contributed by atoms with Crippen molar-refractivity contribution in [3.63, 3.8) is 0 Å². The van der Waals surface area contributed by atoms with E-state index in [1.807, 2.05) is 12.1 Å². The minimum Gasteiger partial charge on any atom is -0.618 e. The molecule has 0 spiro atoms. The summed E-state index contributed by atoms with van der Waals surface area (Å²) in [6, 6.07) is 12.0. The third-order valence-electron chi connectivity index (χ3n) is 4.27. The Kier molecular flexibility index (Phi) is 4.98. The van der Waals surface area contributed by atoms with E-state index in [0.29, 0.717) is 17.5 Å². The molecule has 0 saturated heterocycles. The van der Waals surface area contributed by atoms with E-state index in [2.05, 4.69) is 65.1 Å². The van der Waals surface area contributed by atoms with Crippen LogP contribution in [0.1, 0.15) is 70.2 Å². The first-order chi connectivity index (χ1) is 10.7. The standard InChI is InChI=1S/C20H28N2O/c1-14(2)16-10-9-11-17(15(3)4)19(16)21-20(5,6)18-12-7-8-13-22(18)23/h7-15,21H,1-6H3. The largest absolute Gasteiger partial charge is 0.618 e. The molecule has 0 aliphatic carbocycles. The highest BCUT2D eigenvalue weighted by molar-refractivity contribution is 5.61. The molecule has 124 valence electrons. The number of aromatic nitrogens is 1. The van der Waals surface area contributed by atoms with Gasteiger partial charge in [-0.1, -0.05) is 45.9 Å². The minimum absolute atomic E-state index is 0.419. The van der Waals surface area contributed by atoms with Gasteiger partial charge in [0.05, 0.1) is 0 Å². The maximum absolute atomic E-state index is 12.2. The summed E-state index contributed by atoms with van der Waals surface area (Å²) < 4.78 is 0.944. The van der Waals surface area contributed by atoms with Crippen LogP contribution >= 0.6 is 0 Å². The second-order valence-corrected chi connectivity index (χ2v) is 7.28. The summed E-state index contributed by atoms with van der Waals surface area (Å²) in [7, 11) is 0. The van der Waals surface area contributed by atoms with E-state index in [1.165, 1.54) is 11.1 Å². The van der Waals surface area contributed by atoms with E-state index in [9.17, 15) is 5.21 Å². The molecule has 2 rings (SSSR count). The van der Waals surface area contributed by atoms with Gasteiger partial charge in [-0.15, -0.1) is 0 Å². The van der Waals surface area contributed by atoms with Crippen molar-refractivity contribution < 1.29 is 4.73 Å². The van der Waals surface area contributed by atoms with Crippen molar-refractivity contribution in [1.29, 1.82) is 0 Å². The number of pyridine rings is 1. The van der Waals surface area contributed by atoms with Gasteiger partial charge in [-0.05, 0) is 42.9 Å². The average Bonchev–Trinajstić information content (AvgIpc) is 2.46. The lowest BCUT2D eigenvalue weighted by molar-refractivity contribution is -0.617. The van der Waals surface area contributed by atoms with Crippen LogP contribution in [0.5, 0.6) is 0 Å². The molecule has 1 heterocycles. The molecular weight excluding hydrogens is 284 g/mol. The quantitative estimate of drug-likeness (QED) is 0.629. The lowest BCUT2D eigenvalue weighted by atomic mass is 9.90. The van der Waals surface area contributed by atoms with E-state index in [0.717, 1.165) is 10.4 Å². The second kappa shape index (κ2) is 6.61. The van der Waals surface area contributed by atoms with Crippen LogP contribution in [0.15, 0.2) is 42.6 Å². The van der Waals surface area contributed by atoms with Crippen LogP contribution in [0, 0.1) is 5.21 Å². The molecule has 1 N–H and O–H groups in total. The van der Waals surface area contributed by atoms with Crippen LogP contribution in [-0.4, -0.2) is 0 Å². The molecular formula is C20H28N2O. The summed E-state index contributed by atoms with van der Waals surface area (Å²) in [4.78, 5) is 0. The molecule has 0 amide bonds. The fraction of sp³-hybridized carbons (Fsp3) is 0.450. The number of nitrogens with zero attached hydrogens (tertiary/aromatic N) is 1. The zero-order chi connectivity index (χ0) is 17.2. The summed E-state index contributed by atoms with van der Waals surface area (Å²) >= 11 is 0. The summed E-state index contributed by atoms with van der Waals surface area (Å²) in [5.74, 6) is 0.837. The molecule has 0 atom stereocenters. The van der Waals surface area contributed by atoms with Gasteiger partial charge in [0.25, 0.3) is 0 Å². The van der Waals surface area contributed by atoms with Gasteiger partial charge in [-0.25, -0.2) is 0 Å². The van der Waals surface area contributed by atoms with Crippen molar-refractivity contribution in [2.24, 2.45) is 0 Å². The molecule has 1 aromatic heterocycles. The monoisotopic (exact) mass is 312 g/mol. The van der Waals surface area contributed by atoms with E-state index in [4.69, 9.17) is 0 Å². The van der Waals surface area contributed by atoms with Crippen LogP contribution in [0.3, 0.4) is 0 Å². The Labute approximate surface area is 140 Å². The first-order valence-electron chi connectivity index (χ1n) is 8.33. The van der Waals surface area contributed by atoms with Crippen LogP contribution in [0.4, 0.5) is 5.69 Å². The molecule has 3 nitrogen and oxygen atoms in total. The lowest BCUT2D eigenvalue weighted by Gasteiger charge is -2.30. The Hall–Kier alpha value is -2.03. The van der Waals surface area contributed by atoms with E-state index >= 15 is 0 Å². The Morgan fingerprint density at radius 2 is 1.48 bits per heavy atom. The molecule has 23 heavy (non-hydrogen) atoms. The van der Waals surface area contributed by atoms with Crippen LogP contribution in [0.25, 0.3) is 0 Å². The summed E-state index contributed by atoms with van der Waals surface area (Å²) in [6.45, 7) is 12.9. The maximum atomic E-state index is 12.2. The Balaban J connectivity index is 2.52. The zero-order valence-corrected chi connectivity index (χ0v) is 15.1. The van der Waals surface area contributed by atoms with Crippen molar-refractivity contribution in [2.45, 2.75) is 58.9 Å². The highest BCUT2D eigenvalue weighted by Gasteiger charge is 2.30. The number of nitrogens with one attached hydrogen (secondary N) is 1. The molecule has 0 unspecified atom stereocenters. The van der Waals surface area contributed by atoms with Crippen molar-refractivity contribution in [3.8, 4) is 0 Å². The topological polar surface area (TPSA) is 39.0 Å². The van der Waals surface area contributed by atoms with Gasteiger partial charge in [-0.2, -0.15) is 4.73 Å². The average molecular weight is 312 g/mol. The fourth-order valence-electron chi connectivity index (χ4n) is 2.98. The predicted molar refractivity (Wildman–Crippen MR) is 96.7 cm³/mol. The first kappa shape index (κ1) is 17.3. The molecule has 0 saturated carbocycles. The zero-order valence-electron chi connectivity index (χ0n) is 15.1. The van der Waals surface area contributed by atoms with E-state index < -0.39 is 5.54 Å². The summed E-state index contributed by atoms with van der Waals surface area (Å²) in [5.41, 5.74) is 3.99. The first-order valence-corrected chi connectivity index (χ1v) is 8.33. The van der Waals surface area contributed by atoms with Crippen molar-refractivity contribution >= 4 is 5.69 Å². The SMILES string of the molecule is CC(C)c1cccc(C(C)C)c1NC(C)(C)c1cccc[n+]1[O-]. The summed E-state index contributed by atoms with van der Waals surface area (Å²) in [6.07, 6.45) is 1.55. The van der Waals surface area contributed by atoms with Crippen LogP contribution in [0.2, 0.25) is 0 Å². The molecule has 0 aliphatic heterocycles. The van der Waals surface area contributed by atoms with E-state index in [-0.39, 0.29) is 0 Å². The number of rotatable bonds is 5. The smallest absolute Gasteiger partial charge is 0.217 e. The third kappa shape index (κ3) is 3.66. The number of benzene rings is 1. The second-order valence-electron chi connectivity index (χ2n) is 7.28. The Morgan fingerprint density at radius 3 is 1.96 bits per heavy atom. The van der Waals surface area contributed by atoms with Gasteiger partial charge in [-0.3, -0.25) is 0 Å². The third-order valence-corrected chi connectivity index (χ3v) is 4.27. The fourth-order valence-corrected chi connectivity index (χ4v) is 2.98. The maximum Gasteiger partial charge on any atom is 0.217 e. The van der Waals surface area contributed by atoms with Gasteiger partial charge >= 0.3 is 0 Å². The molecule has 0 fully saturated rings. The van der Waals surface area contributed by atoms with Gasteiger partial charge in [0.2, 0.25) is 5.69 Å². The predicted octanol–water partition coefficient (Wildman–Crippen LogP) is 4.91. The van der Waals surface area contributed by atoms with Gasteiger partial charge in [0, 0.05) is 17.8 Å². The highest BCUT2D eigenvalue weighted by Crippen LogP contribution is 2.35. The Bertz CT molecular complexity index is 649. The minimum atomic E-state index is -0.461. The van der Waals surface area contributed by atoms with E-state index in [1.54, 1.807) is 12.3 Å². The van der Waals surface area contributed by atoms with Crippen LogP contribution < -0.4 is 10.0 Å². The number of hydrogen-bond acceptors (Lipinski definition) is 2. The van der Waals surface area contributed by atoms with Crippen LogP contribution in [-0.2, 0) is 5.54 Å². The van der Waals surface area contributed by atoms with Gasteiger partial charge < -0.3 is 10.5 Å². The number of hydrogen-bond donors (Lipinski definition) is 1.